The van der Waals surface area contributed by atoms with E-state index in [2.05, 4.69) is 0 Å². The molecule has 2 atom stereocenters. The normalized spacial score (nSPS) is 41.3. The average molecular weight is 251 g/mol. The molecule has 2 aliphatic heterocycles. The van der Waals surface area contributed by atoms with Gasteiger partial charge in [0.2, 0.25) is 0 Å². The summed E-state index contributed by atoms with van der Waals surface area (Å²) in [5.41, 5.74) is -1.80. The number of rotatable bonds is 1. The largest absolute Gasteiger partial charge is 0.448 e. The van der Waals surface area contributed by atoms with Gasteiger partial charge in [0.15, 0.2) is 5.60 Å². The molecule has 18 heavy (non-hydrogen) atoms. The lowest BCUT2D eigenvalue weighted by Crippen LogP contribution is -2.54. The van der Waals surface area contributed by atoms with Crippen molar-refractivity contribution >= 4 is 11.9 Å². The second-order valence-corrected chi connectivity index (χ2v) is 6.67. The van der Waals surface area contributed by atoms with E-state index in [9.17, 15) is 9.59 Å². The zero-order valence-electron chi connectivity index (χ0n) is 11.4. The van der Waals surface area contributed by atoms with Crippen LogP contribution in [-0.2, 0) is 14.3 Å². The smallest absolute Gasteiger partial charge is 0.313 e. The number of likely N-dealkylation sites (tertiary alicyclic amines) is 1. The fourth-order valence-corrected chi connectivity index (χ4v) is 3.90. The van der Waals surface area contributed by atoms with E-state index in [1.54, 1.807) is 0 Å². The standard InChI is InChI=1S/C14H21NO3/c1-12(2)13(3)6-7-14(12,18-11(13)17)10(16)15-8-4-5-9-15/h4-9H2,1-3H3/t13-,14-/m1/s1. The SMILES string of the molecule is CC1(C)[C@]2(C)CC[C@]1(C(=O)N1CCCC1)OC2=O. The first-order valence-corrected chi connectivity index (χ1v) is 6.88. The van der Waals surface area contributed by atoms with Gasteiger partial charge < -0.3 is 9.64 Å². The monoisotopic (exact) mass is 251 g/mol. The van der Waals surface area contributed by atoms with Gasteiger partial charge in [-0.2, -0.15) is 0 Å². The van der Waals surface area contributed by atoms with E-state index in [4.69, 9.17) is 4.74 Å². The Hall–Kier alpha value is -1.06. The van der Waals surface area contributed by atoms with Crippen molar-refractivity contribution in [3.63, 3.8) is 0 Å². The molecule has 0 N–H and O–H groups in total. The van der Waals surface area contributed by atoms with Crippen LogP contribution < -0.4 is 0 Å². The van der Waals surface area contributed by atoms with Crippen molar-refractivity contribution in [1.82, 2.24) is 4.90 Å². The summed E-state index contributed by atoms with van der Waals surface area (Å²) in [5, 5.41) is 0. The van der Waals surface area contributed by atoms with Crippen LogP contribution in [0.3, 0.4) is 0 Å². The lowest BCUT2D eigenvalue weighted by Gasteiger charge is -2.37. The van der Waals surface area contributed by atoms with Crippen molar-refractivity contribution < 1.29 is 14.3 Å². The first-order valence-electron chi connectivity index (χ1n) is 6.88. The molecule has 0 radical (unpaired) electrons. The Balaban J connectivity index is 2.00. The van der Waals surface area contributed by atoms with Gasteiger partial charge in [-0.15, -0.1) is 0 Å². The Morgan fingerprint density at radius 3 is 2.22 bits per heavy atom. The summed E-state index contributed by atoms with van der Waals surface area (Å²) in [4.78, 5) is 26.8. The fourth-order valence-electron chi connectivity index (χ4n) is 3.90. The molecule has 1 amide bonds. The maximum Gasteiger partial charge on any atom is 0.313 e. The molecule has 0 aromatic carbocycles. The molecule has 0 unspecified atom stereocenters. The number of carbonyl (C=O) groups excluding carboxylic acids is 2. The lowest BCUT2D eigenvalue weighted by molar-refractivity contribution is -0.173. The van der Waals surface area contributed by atoms with Crippen LogP contribution in [0.25, 0.3) is 0 Å². The van der Waals surface area contributed by atoms with E-state index >= 15 is 0 Å². The number of ether oxygens (including phenoxy) is 1. The van der Waals surface area contributed by atoms with Gasteiger partial charge in [-0.25, -0.2) is 0 Å². The third-order valence-corrected chi connectivity index (χ3v) is 5.82. The van der Waals surface area contributed by atoms with Crippen LogP contribution in [0, 0.1) is 10.8 Å². The molecule has 4 heteroatoms. The van der Waals surface area contributed by atoms with Crippen LogP contribution in [0.1, 0.15) is 46.5 Å². The molecule has 0 aromatic heterocycles. The number of esters is 1. The maximum atomic E-state index is 12.8. The lowest BCUT2D eigenvalue weighted by atomic mass is 9.66. The van der Waals surface area contributed by atoms with Gasteiger partial charge >= 0.3 is 5.97 Å². The molecule has 100 valence electrons. The summed E-state index contributed by atoms with van der Waals surface area (Å²) < 4.78 is 5.61. The first kappa shape index (κ1) is 12.0. The molecule has 0 spiro atoms. The van der Waals surface area contributed by atoms with Crippen LogP contribution in [0.5, 0.6) is 0 Å². The maximum absolute atomic E-state index is 12.8. The van der Waals surface area contributed by atoms with Gasteiger partial charge in [0.1, 0.15) is 0 Å². The van der Waals surface area contributed by atoms with Crippen LogP contribution in [0.15, 0.2) is 0 Å². The van der Waals surface area contributed by atoms with Gasteiger partial charge in [-0.1, -0.05) is 13.8 Å². The highest BCUT2D eigenvalue weighted by molar-refractivity contribution is 5.96. The summed E-state index contributed by atoms with van der Waals surface area (Å²) >= 11 is 0. The average Bonchev–Trinajstić information content (AvgIpc) is 2.93. The van der Waals surface area contributed by atoms with Crippen molar-refractivity contribution in [1.29, 1.82) is 0 Å². The highest BCUT2D eigenvalue weighted by Crippen LogP contribution is 2.66. The molecule has 3 aliphatic rings. The topological polar surface area (TPSA) is 46.6 Å². The number of nitrogens with zero attached hydrogens (tertiary/aromatic N) is 1. The van der Waals surface area contributed by atoms with Crippen molar-refractivity contribution in [3.8, 4) is 0 Å². The zero-order chi connectivity index (χ0) is 13.2. The Bertz CT molecular complexity index is 425. The van der Waals surface area contributed by atoms with Crippen LogP contribution in [0.4, 0.5) is 0 Å². The summed E-state index contributed by atoms with van der Waals surface area (Å²) in [6, 6.07) is 0. The molecule has 3 fully saturated rings. The van der Waals surface area contributed by atoms with Crippen molar-refractivity contribution in [2.24, 2.45) is 10.8 Å². The van der Waals surface area contributed by atoms with E-state index in [1.807, 2.05) is 25.7 Å². The Kier molecular flexibility index (Phi) is 2.19. The van der Waals surface area contributed by atoms with E-state index in [0.29, 0.717) is 6.42 Å². The Morgan fingerprint density at radius 2 is 1.78 bits per heavy atom. The minimum absolute atomic E-state index is 0.0413. The van der Waals surface area contributed by atoms with E-state index in [1.165, 1.54) is 0 Å². The number of amides is 1. The van der Waals surface area contributed by atoms with Gasteiger partial charge in [0.25, 0.3) is 5.91 Å². The van der Waals surface area contributed by atoms with Gasteiger partial charge in [-0.05, 0) is 32.6 Å². The summed E-state index contributed by atoms with van der Waals surface area (Å²) in [6.45, 7) is 7.59. The molecular formula is C14H21NO3. The number of hydrogen-bond acceptors (Lipinski definition) is 3. The molecule has 2 saturated heterocycles. The molecule has 1 saturated carbocycles. The molecular weight excluding hydrogens is 230 g/mol. The quantitative estimate of drug-likeness (QED) is 0.667. The molecule has 0 aromatic rings. The molecule has 2 bridgehead atoms. The molecule has 4 nitrogen and oxygen atoms in total. The highest BCUT2D eigenvalue weighted by atomic mass is 16.6. The number of fused-ring (bicyclic) bond motifs is 2. The van der Waals surface area contributed by atoms with Gasteiger partial charge in [0.05, 0.1) is 5.41 Å². The molecule has 3 rings (SSSR count). The van der Waals surface area contributed by atoms with Crippen molar-refractivity contribution in [2.75, 3.05) is 13.1 Å². The second kappa shape index (κ2) is 3.28. The minimum Gasteiger partial charge on any atom is -0.448 e. The fraction of sp³-hybridized carbons (Fsp3) is 0.857. The van der Waals surface area contributed by atoms with E-state index < -0.39 is 16.4 Å². The van der Waals surface area contributed by atoms with Crippen LogP contribution in [0.2, 0.25) is 0 Å². The predicted octanol–water partition coefficient (Wildman–Crippen LogP) is 1.73. The summed E-state index contributed by atoms with van der Waals surface area (Å²) in [7, 11) is 0. The molecule has 1 aliphatic carbocycles. The summed E-state index contributed by atoms with van der Waals surface area (Å²) in [5.74, 6) is -0.147. The van der Waals surface area contributed by atoms with Gasteiger partial charge in [0, 0.05) is 18.5 Å². The third-order valence-electron chi connectivity index (χ3n) is 5.82. The van der Waals surface area contributed by atoms with Crippen LogP contribution in [-0.4, -0.2) is 35.5 Å². The van der Waals surface area contributed by atoms with Crippen molar-refractivity contribution in [3.05, 3.63) is 0 Å². The second-order valence-electron chi connectivity index (χ2n) is 6.67. The Labute approximate surface area is 108 Å². The minimum atomic E-state index is -0.900. The van der Waals surface area contributed by atoms with Crippen LogP contribution >= 0.6 is 0 Å². The Morgan fingerprint density at radius 1 is 1.17 bits per heavy atom. The summed E-state index contributed by atoms with van der Waals surface area (Å²) in [6.07, 6.45) is 3.57. The zero-order valence-corrected chi connectivity index (χ0v) is 11.4. The van der Waals surface area contributed by atoms with Crippen molar-refractivity contribution in [2.45, 2.75) is 52.1 Å². The van der Waals surface area contributed by atoms with E-state index in [0.717, 1.165) is 32.4 Å². The first-order chi connectivity index (χ1) is 8.35. The van der Waals surface area contributed by atoms with E-state index in [-0.39, 0.29) is 11.9 Å². The predicted molar refractivity (Wildman–Crippen MR) is 65.8 cm³/mol. The number of hydrogen-bond donors (Lipinski definition) is 0. The third kappa shape index (κ3) is 1.08. The molecule has 2 heterocycles. The number of carbonyl (C=O) groups is 2. The van der Waals surface area contributed by atoms with Gasteiger partial charge in [-0.3, -0.25) is 9.59 Å². The highest BCUT2D eigenvalue weighted by Gasteiger charge is 2.76.